The summed E-state index contributed by atoms with van der Waals surface area (Å²) in [5, 5.41) is 0. The molecule has 1 aromatic carbocycles. The van der Waals surface area contributed by atoms with Gasteiger partial charge in [0, 0.05) is 4.83 Å². The van der Waals surface area contributed by atoms with Crippen LogP contribution in [0, 0.1) is 5.92 Å². The van der Waals surface area contributed by atoms with Crippen molar-refractivity contribution >= 4 is 15.9 Å². The second kappa shape index (κ2) is 5.72. The Morgan fingerprint density at radius 1 is 1.31 bits per heavy atom. The molecule has 1 aliphatic carbocycles. The van der Waals surface area contributed by atoms with Crippen molar-refractivity contribution in [1.29, 1.82) is 0 Å². The van der Waals surface area contributed by atoms with E-state index in [4.69, 9.17) is 4.74 Å². The van der Waals surface area contributed by atoms with Gasteiger partial charge in [0.2, 0.25) is 0 Å². The summed E-state index contributed by atoms with van der Waals surface area (Å²) in [7, 11) is 1.73. The zero-order chi connectivity index (χ0) is 11.4. The lowest BCUT2D eigenvalue weighted by molar-refractivity contribution is 0.372. The molecule has 1 nitrogen and oxygen atoms in total. The monoisotopic (exact) mass is 282 g/mol. The molecule has 1 aromatic rings. The fourth-order valence-electron chi connectivity index (χ4n) is 2.49. The number of hydrogen-bond acceptors (Lipinski definition) is 1. The fourth-order valence-corrected chi connectivity index (χ4v) is 3.27. The van der Waals surface area contributed by atoms with Crippen molar-refractivity contribution in [3.63, 3.8) is 0 Å². The predicted octanol–water partition coefficient (Wildman–Crippen LogP) is 4.19. The lowest BCUT2D eigenvalue weighted by atomic mass is 9.85. The van der Waals surface area contributed by atoms with Gasteiger partial charge in [0.1, 0.15) is 5.75 Å². The first-order valence-electron chi connectivity index (χ1n) is 6.06. The van der Waals surface area contributed by atoms with Gasteiger partial charge in [-0.15, -0.1) is 0 Å². The molecule has 0 aliphatic heterocycles. The zero-order valence-electron chi connectivity index (χ0n) is 9.79. The third kappa shape index (κ3) is 3.00. The molecule has 2 rings (SSSR count). The van der Waals surface area contributed by atoms with Crippen LogP contribution in [0.5, 0.6) is 5.75 Å². The highest BCUT2D eigenvalue weighted by atomic mass is 79.9. The van der Waals surface area contributed by atoms with E-state index < -0.39 is 0 Å². The van der Waals surface area contributed by atoms with Crippen molar-refractivity contribution in [2.24, 2.45) is 5.92 Å². The van der Waals surface area contributed by atoms with E-state index in [2.05, 4.69) is 34.1 Å². The van der Waals surface area contributed by atoms with E-state index in [1.165, 1.54) is 37.7 Å². The SMILES string of the molecule is COc1cccc(CC2CCCCC2Br)c1. The molecule has 0 amide bonds. The summed E-state index contributed by atoms with van der Waals surface area (Å²) < 4.78 is 5.26. The quantitative estimate of drug-likeness (QED) is 0.756. The fraction of sp³-hybridized carbons (Fsp3) is 0.571. The van der Waals surface area contributed by atoms with Crippen LogP contribution in [0.1, 0.15) is 31.2 Å². The largest absolute Gasteiger partial charge is 0.497 e. The predicted molar refractivity (Wildman–Crippen MR) is 71.4 cm³/mol. The number of alkyl halides is 1. The van der Waals surface area contributed by atoms with Gasteiger partial charge in [-0.1, -0.05) is 40.9 Å². The van der Waals surface area contributed by atoms with E-state index in [1.54, 1.807) is 7.11 Å². The molecule has 0 N–H and O–H groups in total. The van der Waals surface area contributed by atoms with E-state index in [1.807, 2.05) is 6.07 Å². The summed E-state index contributed by atoms with van der Waals surface area (Å²) in [6.07, 6.45) is 6.62. The molecule has 0 radical (unpaired) electrons. The topological polar surface area (TPSA) is 9.23 Å². The summed E-state index contributed by atoms with van der Waals surface area (Å²) in [4.78, 5) is 0.701. The maximum Gasteiger partial charge on any atom is 0.119 e. The maximum absolute atomic E-state index is 5.26. The molecule has 0 aromatic heterocycles. The Hall–Kier alpha value is -0.500. The summed E-state index contributed by atoms with van der Waals surface area (Å²) in [6, 6.07) is 8.46. The van der Waals surface area contributed by atoms with Gasteiger partial charge in [-0.3, -0.25) is 0 Å². The minimum absolute atomic E-state index is 0.701. The third-order valence-electron chi connectivity index (χ3n) is 3.45. The van der Waals surface area contributed by atoms with Gasteiger partial charge in [-0.2, -0.15) is 0 Å². The number of halogens is 1. The van der Waals surface area contributed by atoms with Gasteiger partial charge >= 0.3 is 0 Å². The second-order valence-electron chi connectivity index (χ2n) is 4.62. The lowest BCUT2D eigenvalue weighted by Crippen LogP contribution is -2.21. The normalized spacial score (nSPS) is 25.4. The van der Waals surface area contributed by atoms with E-state index in [0.717, 1.165) is 11.7 Å². The van der Waals surface area contributed by atoms with Crippen molar-refractivity contribution in [2.45, 2.75) is 36.9 Å². The summed E-state index contributed by atoms with van der Waals surface area (Å²) in [6.45, 7) is 0. The van der Waals surface area contributed by atoms with Gasteiger partial charge < -0.3 is 4.74 Å². The van der Waals surface area contributed by atoms with Crippen LogP contribution in [-0.4, -0.2) is 11.9 Å². The number of methoxy groups -OCH3 is 1. The number of hydrogen-bond donors (Lipinski definition) is 0. The Bertz CT molecular complexity index is 337. The highest BCUT2D eigenvalue weighted by Gasteiger charge is 2.22. The van der Waals surface area contributed by atoms with Crippen LogP contribution in [0.4, 0.5) is 0 Å². The van der Waals surface area contributed by atoms with Gasteiger partial charge in [0.25, 0.3) is 0 Å². The first kappa shape index (κ1) is 12.0. The van der Waals surface area contributed by atoms with Crippen LogP contribution in [0.15, 0.2) is 24.3 Å². The third-order valence-corrected chi connectivity index (χ3v) is 4.65. The minimum atomic E-state index is 0.701. The number of rotatable bonds is 3. The molecule has 0 spiro atoms. The van der Waals surface area contributed by atoms with Crippen LogP contribution in [0.3, 0.4) is 0 Å². The minimum Gasteiger partial charge on any atom is -0.497 e. The van der Waals surface area contributed by atoms with Crippen LogP contribution in [0.25, 0.3) is 0 Å². The first-order chi connectivity index (χ1) is 7.79. The Labute approximate surface area is 106 Å². The van der Waals surface area contributed by atoms with Crippen LogP contribution >= 0.6 is 15.9 Å². The lowest BCUT2D eigenvalue weighted by Gasteiger charge is -2.27. The molecular formula is C14H19BrO. The maximum atomic E-state index is 5.26. The summed E-state index contributed by atoms with van der Waals surface area (Å²) in [5.41, 5.74) is 1.40. The smallest absolute Gasteiger partial charge is 0.119 e. The Morgan fingerprint density at radius 2 is 2.12 bits per heavy atom. The standard InChI is InChI=1S/C14H19BrO/c1-16-13-7-4-5-11(10-13)9-12-6-2-3-8-14(12)15/h4-5,7,10,12,14H,2-3,6,8-9H2,1H3. The molecule has 0 heterocycles. The molecule has 2 unspecified atom stereocenters. The number of ether oxygens (including phenoxy) is 1. The molecule has 0 saturated heterocycles. The molecule has 0 bridgehead atoms. The number of benzene rings is 1. The van der Waals surface area contributed by atoms with E-state index in [-0.39, 0.29) is 0 Å². The van der Waals surface area contributed by atoms with Crippen molar-refractivity contribution in [3.05, 3.63) is 29.8 Å². The molecule has 2 heteroatoms. The van der Waals surface area contributed by atoms with Crippen molar-refractivity contribution in [2.75, 3.05) is 7.11 Å². The zero-order valence-corrected chi connectivity index (χ0v) is 11.4. The van der Waals surface area contributed by atoms with Crippen molar-refractivity contribution < 1.29 is 4.74 Å². The van der Waals surface area contributed by atoms with Crippen LogP contribution in [0.2, 0.25) is 0 Å². The van der Waals surface area contributed by atoms with Gasteiger partial charge in [0.15, 0.2) is 0 Å². The summed E-state index contributed by atoms with van der Waals surface area (Å²) >= 11 is 3.82. The van der Waals surface area contributed by atoms with Gasteiger partial charge in [0.05, 0.1) is 7.11 Å². The molecule has 16 heavy (non-hydrogen) atoms. The molecule has 1 aliphatic rings. The van der Waals surface area contributed by atoms with Crippen LogP contribution < -0.4 is 4.74 Å². The van der Waals surface area contributed by atoms with Gasteiger partial charge in [-0.25, -0.2) is 0 Å². The Morgan fingerprint density at radius 3 is 2.88 bits per heavy atom. The molecule has 2 atom stereocenters. The van der Waals surface area contributed by atoms with E-state index >= 15 is 0 Å². The van der Waals surface area contributed by atoms with E-state index in [0.29, 0.717) is 4.83 Å². The first-order valence-corrected chi connectivity index (χ1v) is 6.98. The molecule has 1 saturated carbocycles. The van der Waals surface area contributed by atoms with E-state index in [9.17, 15) is 0 Å². The molecule has 1 fully saturated rings. The van der Waals surface area contributed by atoms with Crippen LogP contribution in [-0.2, 0) is 6.42 Å². The second-order valence-corrected chi connectivity index (χ2v) is 5.79. The van der Waals surface area contributed by atoms with Crippen molar-refractivity contribution in [1.82, 2.24) is 0 Å². The van der Waals surface area contributed by atoms with Crippen molar-refractivity contribution in [3.8, 4) is 5.75 Å². The molecular weight excluding hydrogens is 264 g/mol. The Balaban J connectivity index is 2.01. The average molecular weight is 283 g/mol. The summed E-state index contributed by atoms with van der Waals surface area (Å²) in [5.74, 6) is 1.76. The highest BCUT2D eigenvalue weighted by Crippen LogP contribution is 2.32. The average Bonchev–Trinajstić information content (AvgIpc) is 2.32. The molecule has 88 valence electrons. The highest BCUT2D eigenvalue weighted by molar-refractivity contribution is 9.09. The Kier molecular flexibility index (Phi) is 4.28. The van der Waals surface area contributed by atoms with Gasteiger partial charge in [-0.05, 0) is 42.9 Å².